The molecule has 0 aromatic heterocycles. The summed E-state index contributed by atoms with van der Waals surface area (Å²) in [6.07, 6.45) is 3.00. The summed E-state index contributed by atoms with van der Waals surface area (Å²) < 4.78 is 11.1. The number of rotatable bonds is 4. The third kappa shape index (κ3) is 3.47. The lowest BCUT2D eigenvalue weighted by Crippen LogP contribution is -2.48. The number of fused-ring (bicyclic) bond motifs is 1. The number of amides is 1. The summed E-state index contributed by atoms with van der Waals surface area (Å²) >= 11 is 6.31. The summed E-state index contributed by atoms with van der Waals surface area (Å²) in [5, 5.41) is 10.2. The second-order valence-electron chi connectivity index (χ2n) is 6.69. The molecule has 1 amide bonds. The molecule has 1 N–H and O–H groups in total. The lowest BCUT2D eigenvalue weighted by Gasteiger charge is -2.41. The Kier molecular flexibility index (Phi) is 5.21. The first-order chi connectivity index (χ1) is 11.6. The summed E-state index contributed by atoms with van der Waals surface area (Å²) in [7, 11) is 0. The van der Waals surface area contributed by atoms with Crippen molar-refractivity contribution in [2.24, 2.45) is 5.41 Å². The number of piperidine rings is 1. The van der Waals surface area contributed by atoms with Gasteiger partial charge in [-0.25, -0.2) is 0 Å². The maximum atomic E-state index is 12.7. The van der Waals surface area contributed by atoms with Crippen LogP contribution in [0.4, 0.5) is 0 Å². The smallest absolute Gasteiger partial charge is 0.227 e. The lowest BCUT2D eigenvalue weighted by atomic mass is 9.78. The maximum absolute atomic E-state index is 12.7. The fraction of sp³-hybridized carbons (Fsp3) is 0.611. The number of aliphatic hydroxyl groups is 1. The van der Waals surface area contributed by atoms with Crippen molar-refractivity contribution in [2.75, 3.05) is 32.9 Å². The van der Waals surface area contributed by atoms with Crippen molar-refractivity contribution in [1.29, 1.82) is 0 Å². The number of benzene rings is 1. The van der Waals surface area contributed by atoms with Crippen molar-refractivity contribution in [1.82, 2.24) is 4.90 Å². The van der Waals surface area contributed by atoms with E-state index in [1.165, 1.54) is 0 Å². The van der Waals surface area contributed by atoms with E-state index in [4.69, 9.17) is 21.1 Å². The standard InChI is InChI=1S/C18H24ClNO4/c1-2-18(12-21)4-3-5-20(11-18)17(22)9-13-8-15-16(10-14(13)19)24-7-6-23-15/h8,10,21H,2-7,9,11-12H2,1H3/t18-/m0/s1. The molecule has 0 spiro atoms. The Morgan fingerprint density at radius 2 is 2.04 bits per heavy atom. The average molecular weight is 354 g/mol. The van der Waals surface area contributed by atoms with Gasteiger partial charge in [0.2, 0.25) is 5.91 Å². The molecule has 3 rings (SSSR count). The Morgan fingerprint density at radius 1 is 1.33 bits per heavy atom. The van der Waals surface area contributed by atoms with Crippen LogP contribution in [0.5, 0.6) is 11.5 Å². The van der Waals surface area contributed by atoms with E-state index in [2.05, 4.69) is 6.92 Å². The number of carbonyl (C=O) groups excluding carboxylic acids is 1. The molecule has 0 bridgehead atoms. The van der Waals surface area contributed by atoms with Crippen molar-refractivity contribution >= 4 is 17.5 Å². The van der Waals surface area contributed by atoms with Crippen molar-refractivity contribution in [3.63, 3.8) is 0 Å². The van der Waals surface area contributed by atoms with Gasteiger partial charge in [-0.15, -0.1) is 0 Å². The van der Waals surface area contributed by atoms with Crippen LogP contribution in [0.3, 0.4) is 0 Å². The van der Waals surface area contributed by atoms with Gasteiger partial charge in [-0.05, 0) is 30.9 Å². The Labute approximate surface area is 147 Å². The van der Waals surface area contributed by atoms with Crippen molar-refractivity contribution in [2.45, 2.75) is 32.6 Å². The monoisotopic (exact) mass is 353 g/mol. The SMILES string of the molecule is CC[C@]1(CO)CCCN(C(=O)Cc2cc3c(cc2Cl)OCCO3)C1. The summed E-state index contributed by atoms with van der Waals surface area (Å²) in [6.45, 7) is 4.56. The van der Waals surface area contributed by atoms with Crippen LogP contribution in [0.2, 0.25) is 5.02 Å². The molecule has 1 fully saturated rings. The lowest BCUT2D eigenvalue weighted by molar-refractivity contribution is -0.134. The third-order valence-electron chi connectivity index (χ3n) is 5.15. The summed E-state index contributed by atoms with van der Waals surface area (Å²) in [4.78, 5) is 14.6. The highest BCUT2D eigenvalue weighted by Crippen LogP contribution is 2.36. The van der Waals surface area contributed by atoms with Crippen LogP contribution in [0.1, 0.15) is 31.7 Å². The first kappa shape index (κ1) is 17.4. The molecule has 2 heterocycles. The van der Waals surface area contributed by atoms with Gasteiger partial charge < -0.3 is 19.5 Å². The van der Waals surface area contributed by atoms with Gasteiger partial charge in [-0.1, -0.05) is 18.5 Å². The molecule has 1 aromatic rings. The summed E-state index contributed by atoms with van der Waals surface area (Å²) in [6, 6.07) is 3.52. The zero-order valence-electron chi connectivity index (χ0n) is 14.0. The van der Waals surface area contributed by atoms with E-state index in [1.807, 2.05) is 4.90 Å². The van der Waals surface area contributed by atoms with E-state index < -0.39 is 0 Å². The van der Waals surface area contributed by atoms with E-state index in [-0.39, 0.29) is 24.3 Å². The first-order valence-electron chi connectivity index (χ1n) is 8.53. The van der Waals surface area contributed by atoms with Crippen molar-refractivity contribution in [3.05, 3.63) is 22.7 Å². The van der Waals surface area contributed by atoms with Crippen LogP contribution in [0, 0.1) is 5.41 Å². The van der Waals surface area contributed by atoms with Crippen molar-refractivity contribution in [3.8, 4) is 11.5 Å². The topological polar surface area (TPSA) is 59.0 Å². The Hall–Kier alpha value is -1.46. The minimum atomic E-state index is -0.162. The molecule has 1 atom stereocenters. The molecule has 5 nitrogen and oxygen atoms in total. The zero-order valence-corrected chi connectivity index (χ0v) is 14.8. The summed E-state index contributed by atoms with van der Waals surface area (Å²) in [5.74, 6) is 1.32. The number of nitrogens with zero attached hydrogens (tertiary/aromatic N) is 1. The minimum absolute atomic E-state index is 0.0413. The molecule has 0 saturated carbocycles. The van der Waals surface area contributed by atoms with Crippen LogP contribution in [-0.2, 0) is 11.2 Å². The van der Waals surface area contributed by atoms with E-state index in [9.17, 15) is 9.90 Å². The Bertz CT molecular complexity index is 615. The highest BCUT2D eigenvalue weighted by molar-refractivity contribution is 6.31. The molecule has 6 heteroatoms. The molecule has 2 aliphatic heterocycles. The minimum Gasteiger partial charge on any atom is -0.486 e. The predicted octanol–water partition coefficient (Wildman–Crippen LogP) is 2.66. The van der Waals surface area contributed by atoms with Gasteiger partial charge in [0.25, 0.3) is 0 Å². The van der Waals surface area contributed by atoms with Gasteiger partial charge in [0, 0.05) is 29.6 Å². The molecule has 0 unspecified atom stereocenters. The van der Waals surface area contributed by atoms with Crippen LogP contribution in [0.25, 0.3) is 0 Å². The number of hydrogen-bond acceptors (Lipinski definition) is 4. The number of aliphatic hydroxyl groups excluding tert-OH is 1. The number of halogens is 1. The molecule has 132 valence electrons. The maximum Gasteiger partial charge on any atom is 0.227 e. The van der Waals surface area contributed by atoms with Crippen LogP contribution >= 0.6 is 11.6 Å². The van der Waals surface area contributed by atoms with Crippen LogP contribution in [0.15, 0.2) is 12.1 Å². The number of carbonyl (C=O) groups is 1. The zero-order chi connectivity index (χ0) is 17.2. The second-order valence-corrected chi connectivity index (χ2v) is 7.10. The Balaban J connectivity index is 1.73. The van der Waals surface area contributed by atoms with Gasteiger partial charge >= 0.3 is 0 Å². The van der Waals surface area contributed by atoms with Gasteiger partial charge in [-0.2, -0.15) is 0 Å². The quantitative estimate of drug-likeness (QED) is 0.904. The molecule has 1 aromatic carbocycles. The fourth-order valence-electron chi connectivity index (χ4n) is 3.47. The second kappa shape index (κ2) is 7.19. The number of hydrogen-bond donors (Lipinski definition) is 1. The number of ether oxygens (including phenoxy) is 2. The van der Waals surface area contributed by atoms with E-state index in [1.54, 1.807) is 12.1 Å². The van der Waals surface area contributed by atoms with E-state index in [0.717, 1.165) is 31.4 Å². The molecule has 0 aliphatic carbocycles. The van der Waals surface area contributed by atoms with Gasteiger partial charge in [0.05, 0.1) is 13.0 Å². The molecule has 24 heavy (non-hydrogen) atoms. The number of likely N-dealkylation sites (tertiary alicyclic amines) is 1. The average Bonchev–Trinajstić information content (AvgIpc) is 2.62. The van der Waals surface area contributed by atoms with Gasteiger partial charge in [0.15, 0.2) is 11.5 Å². The van der Waals surface area contributed by atoms with Crippen molar-refractivity contribution < 1.29 is 19.4 Å². The molecular formula is C18H24ClNO4. The third-order valence-corrected chi connectivity index (χ3v) is 5.50. The van der Waals surface area contributed by atoms with Gasteiger partial charge in [-0.3, -0.25) is 4.79 Å². The normalized spacial score (nSPS) is 23.2. The summed E-state index contributed by atoms with van der Waals surface area (Å²) in [5.41, 5.74) is 0.590. The molecule has 0 radical (unpaired) electrons. The van der Waals surface area contributed by atoms with Gasteiger partial charge in [0.1, 0.15) is 13.2 Å². The predicted molar refractivity (Wildman–Crippen MR) is 91.8 cm³/mol. The first-order valence-corrected chi connectivity index (χ1v) is 8.91. The van der Waals surface area contributed by atoms with Crippen LogP contribution in [-0.4, -0.2) is 48.8 Å². The Morgan fingerprint density at radius 3 is 2.71 bits per heavy atom. The largest absolute Gasteiger partial charge is 0.486 e. The molecule has 2 aliphatic rings. The highest BCUT2D eigenvalue weighted by atomic mass is 35.5. The van der Waals surface area contributed by atoms with E-state index in [0.29, 0.717) is 36.3 Å². The van der Waals surface area contributed by atoms with Crippen LogP contribution < -0.4 is 9.47 Å². The molecular weight excluding hydrogens is 330 g/mol. The van der Waals surface area contributed by atoms with E-state index >= 15 is 0 Å². The highest BCUT2D eigenvalue weighted by Gasteiger charge is 2.35. The fourth-order valence-corrected chi connectivity index (χ4v) is 3.69. The molecule has 1 saturated heterocycles.